The van der Waals surface area contributed by atoms with Gasteiger partial charge in [-0.1, -0.05) is 81.9 Å². The van der Waals surface area contributed by atoms with Crippen LogP contribution in [0.2, 0.25) is 0 Å². The molecule has 0 bridgehead atoms. The highest BCUT2D eigenvalue weighted by molar-refractivity contribution is 5.66. The Morgan fingerprint density at radius 2 is 1.17 bits per heavy atom. The maximum Gasteiger partial charge on any atom is 0.303 e. The first-order valence-electron chi connectivity index (χ1n) is 9.44. The van der Waals surface area contributed by atoms with Crippen molar-refractivity contribution in [3.8, 4) is 0 Å². The molecule has 0 aliphatic heterocycles. The molecule has 0 spiro atoms. The van der Waals surface area contributed by atoms with Gasteiger partial charge in [0, 0.05) is 6.42 Å². The Balaban J connectivity index is 3.19. The molecule has 1 N–H and O–H groups in total. The Kier molecular flexibility index (Phi) is 17.7. The van der Waals surface area contributed by atoms with E-state index in [0.29, 0.717) is 6.42 Å². The molecule has 0 aliphatic rings. The molecule has 0 fully saturated rings. The molecular weight excluding hydrogens is 284 g/mol. The molecule has 0 aromatic carbocycles. The van der Waals surface area contributed by atoms with E-state index in [4.69, 9.17) is 5.11 Å². The summed E-state index contributed by atoms with van der Waals surface area (Å²) in [7, 11) is 0. The standard InChI is InChI=1S/C21H36O2/c1-2-3-4-5-6-7-8-9-10-11-12-13-14-15-16-17-18-19-20-21(22)23/h3-4,6-7,9-10H,2,5,8,11-20H2,1H3,(H,22,23)/b4-3+,7-6+,10-9-. The lowest BCUT2D eigenvalue weighted by atomic mass is 10.1. The number of hydrogen-bond donors (Lipinski definition) is 1. The van der Waals surface area contributed by atoms with Crippen LogP contribution in [-0.2, 0) is 4.79 Å². The van der Waals surface area contributed by atoms with E-state index in [1.54, 1.807) is 0 Å². The first-order chi connectivity index (χ1) is 11.3. The highest BCUT2D eigenvalue weighted by Gasteiger charge is 1.96. The number of allylic oxidation sites excluding steroid dienone is 6. The number of carbonyl (C=O) groups is 1. The van der Waals surface area contributed by atoms with Gasteiger partial charge >= 0.3 is 5.97 Å². The number of rotatable bonds is 16. The number of carboxylic acids is 1. The fraction of sp³-hybridized carbons (Fsp3) is 0.667. The summed E-state index contributed by atoms with van der Waals surface area (Å²) in [6.07, 6.45) is 27.8. The SMILES string of the molecule is CC/C=C/C/C=C/C/C=C\CCCCCCCCCCC(=O)O. The third kappa shape index (κ3) is 20.7. The molecule has 0 saturated heterocycles. The van der Waals surface area contributed by atoms with Gasteiger partial charge in [-0.3, -0.25) is 4.79 Å². The summed E-state index contributed by atoms with van der Waals surface area (Å²) in [5.41, 5.74) is 0. The van der Waals surface area contributed by atoms with Crippen molar-refractivity contribution < 1.29 is 9.90 Å². The van der Waals surface area contributed by atoms with Crippen LogP contribution in [0.15, 0.2) is 36.5 Å². The largest absolute Gasteiger partial charge is 0.481 e. The van der Waals surface area contributed by atoms with Crippen molar-refractivity contribution in [3.05, 3.63) is 36.5 Å². The third-order valence-electron chi connectivity index (χ3n) is 3.79. The fourth-order valence-corrected chi connectivity index (χ4v) is 2.43. The molecule has 0 aliphatic carbocycles. The van der Waals surface area contributed by atoms with Crippen LogP contribution in [0.25, 0.3) is 0 Å². The van der Waals surface area contributed by atoms with E-state index in [9.17, 15) is 4.79 Å². The van der Waals surface area contributed by atoms with Crippen LogP contribution < -0.4 is 0 Å². The summed E-state index contributed by atoms with van der Waals surface area (Å²) in [5, 5.41) is 8.54. The molecule has 23 heavy (non-hydrogen) atoms. The van der Waals surface area contributed by atoms with Crippen molar-refractivity contribution in [2.24, 2.45) is 0 Å². The summed E-state index contributed by atoms with van der Waals surface area (Å²) in [6, 6.07) is 0. The molecule has 2 nitrogen and oxygen atoms in total. The van der Waals surface area contributed by atoms with Crippen LogP contribution in [-0.4, -0.2) is 11.1 Å². The number of hydrogen-bond acceptors (Lipinski definition) is 1. The number of unbranched alkanes of at least 4 members (excludes halogenated alkanes) is 8. The second kappa shape index (κ2) is 18.7. The molecule has 0 heterocycles. The maximum atomic E-state index is 10.4. The normalized spacial score (nSPS) is 12.0. The number of aliphatic carboxylic acids is 1. The van der Waals surface area contributed by atoms with Gasteiger partial charge in [-0.15, -0.1) is 0 Å². The van der Waals surface area contributed by atoms with Gasteiger partial charge in [0.1, 0.15) is 0 Å². The van der Waals surface area contributed by atoms with E-state index >= 15 is 0 Å². The minimum absolute atomic E-state index is 0.330. The van der Waals surface area contributed by atoms with Crippen molar-refractivity contribution in [1.29, 1.82) is 0 Å². The van der Waals surface area contributed by atoms with Crippen LogP contribution in [0, 0.1) is 0 Å². The van der Waals surface area contributed by atoms with Gasteiger partial charge in [0.2, 0.25) is 0 Å². The third-order valence-corrected chi connectivity index (χ3v) is 3.79. The van der Waals surface area contributed by atoms with Crippen LogP contribution in [0.4, 0.5) is 0 Å². The molecular formula is C21H36O2. The van der Waals surface area contributed by atoms with E-state index in [0.717, 1.165) is 32.1 Å². The van der Waals surface area contributed by atoms with Crippen molar-refractivity contribution >= 4 is 5.97 Å². The summed E-state index contributed by atoms with van der Waals surface area (Å²) in [6.45, 7) is 2.16. The van der Waals surface area contributed by atoms with Gasteiger partial charge in [0.25, 0.3) is 0 Å². The van der Waals surface area contributed by atoms with Crippen LogP contribution >= 0.6 is 0 Å². The van der Waals surface area contributed by atoms with E-state index < -0.39 is 5.97 Å². The van der Waals surface area contributed by atoms with Crippen molar-refractivity contribution in [1.82, 2.24) is 0 Å². The fourth-order valence-electron chi connectivity index (χ4n) is 2.43. The lowest BCUT2D eigenvalue weighted by Crippen LogP contribution is -1.93. The van der Waals surface area contributed by atoms with Gasteiger partial charge in [0.15, 0.2) is 0 Å². The molecule has 0 aromatic heterocycles. The molecule has 132 valence electrons. The molecule has 0 amide bonds. The van der Waals surface area contributed by atoms with E-state index in [2.05, 4.69) is 43.4 Å². The monoisotopic (exact) mass is 320 g/mol. The van der Waals surface area contributed by atoms with Crippen LogP contribution in [0.3, 0.4) is 0 Å². The number of carboxylic acid groups (broad SMARTS) is 1. The highest BCUT2D eigenvalue weighted by atomic mass is 16.4. The average Bonchev–Trinajstić information content (AvgIpc) is 2.53. The first kappa shape index (κ1) is 21.7. The average molecular weight is 321 g/mol. The van der Waals surface area contributed by atoms with Gasteiger partial charge < -0.3 is 5.11 Å². The predicted octanol–water partition coefficient (Wildman–Crippen LogP) is 6.83. The molecule has 0 atom stereocenters. The zero-order valence-corrected chi connectivity index (χ0v) is 15.0. The van der Waals surface area contributed by atoms with E-state index in [-0.39, 0.29) is 0 Å². The van der Waals surface area contributed by atoms with Crippen molar-refractivity contribution in [2.75, 3.05) is 0 Å². The summed E-state index contributed by atoms with van der Waals surface area (Å²) in [5.74, 6) is -0.665. The van der Waals surface area contributed by atoms with Gasteiger partial charge in [-0.25, -0.2) is 0 Å². The second-order valence-corrected chi connectivity index (χ2v) is 6.05. The molecule has 2 heteroatoms. The molecule has 0 saturated carbocycles. The van der Waals surface area contributed by atoms with Crippen molar-refractivity contribution in [2.45, 2.75) is 90.4 Å². The molecule has 0 aromatic rings. The Morgan fingerprint density at radius 3 is 1.74 bits per heavy atom. The quantitative estimate of drug-likeness (QED) is 0.250. The van der Waals surface area contributed by atoms with Crippen LogP contribution in [0.1, 0.15) is 90.4 Å². The molecule has 0 unspecified atom stereocenters. The lowest BCUT2D eigenvalue weighted by Gasteiger charge is -2.00. The summed E-state index contributed by atoms with van der Waals surface area (Å²) in [4.78, 5) is 10.4. The van der Waals surface area contributed by atoms with Crippen LogP contribution in [0.5, 0.6) is 0 Å². The highest BCUT2D eigenvalue weighted by Crippen LogP contribution is 2.10. The summed E-state index contributed by atoms with van der Waals surface area (Å²) < 4.78 is 0. The Hall–Kier alpha value is -1.31. The maximum absolute atomic E-state index is 10.4. The van der Waals surface area contributed by atoms with E-state index in [1.165, 1.54) is 44.9 Å². The Labute approximate surface area is 143 Å². The zero-order valence-electron chi connectivity index (χ0n) is 15.0. The minimum Gasteiger partial charge on any atom is -0.481 e. The smallest absolute Gasteiger partial charge is 0.303 e. The Bertz CT molecular complexity index is 340. The van der Waals surface area contributed by atoms with Crippen molar-refractivity contribution in [3.63, 3.8) is 0 Å². The summed E-state index contributed by atoms with van der Waals surface area (Å²) >= 11 is 0. The molecule has 0 radical (unpaired) electrons. The zero-order chi connectivity index (χ0) is 17.0. The topological polar surface area (TPSA) is 37.3 Å². The Morgan fingerprint density at radius 1 is 0.696 bits per heavy atom. The predicted molar refractivity (Wildman–Crippen MR) is 101 cm³/mol. The lowest BCUT2D eigenvalue weighted by molar-refractivity contribution is -0.137. The van der Waals surface area contributed by atoms with Gasteiger partial charge in [-0.05, 0) is 38.5 Å². The van der Waals surface area contributed by atoms with Gasteiger partial charge in [-0.2, -0.15) is 0 Å². The minimum atomic E-state index is -0.665. The van der Waals surface area contributed by atoms with E-state index in [1.807, 2.05) is 0 Å². The first-order valence-corrected chi connectivity index (χ1v) is 9.44. The molecule has 0 rings (SSSR count). The van der Waals surface area contributed by atoms with Gasteiger partial charge in [0.05, 0.1) is 0 Å². The second-order valence-electron chi connectivity index (χ2n) is 6.05.